The van der Waals surface area contributed by atoms with Gasteiger partial charge in [0, 0.05) is 37.4 Å². The third-order valence-electron chi connectivity index (χ3n) is 7.70. The molecule has 0 bridgehead atoms. The SMILES string of the molecule is CC.COC(=O)c1cc(C)c(C2CCNCC2)c(F)c1.[CH2-]c1cc2c(N/C=C\C3=C(CCC)CCN3)ccnc2n1C.[Rf]. The summed E-state index contributed by atoms with van der Waals surface area (Å²) >= 11 is 0. The maximum atomic E-state index is 14.2. The van der Waals surface area contributed by atoms with E-state index in [-0.39, 0.29) is 17.3 Å². The van der Waals surface area contributed by atoms with Gasteiger partial charge in [0.25, 0.3) is 0 Å². The van der Waals surface area contributed by atoms with Gasteiger partial charge in [-0.2, -0.15) is 6.07 Å². The molecule has 0 saturated carbocycles. The normalized spacial score (nSPS) is 14.8. The summed E-state index contributed by atoms with van der Waals surface area (Å²) in [6.45, 7) is 15.0. The summed E-state index contributed by atoms with van der Waals surface area (Å²) in [5, 5.41) is 11.2. The molecule has 2 aliphatic heterocycles. The zero-order valence-corrected chi connectivity index (χ0v) is 33.2. The summed E-state index contributed by atoms with van der Waals surface area (Å²) in [6.07, 6.45) is 11.4. The van der Waals surface area contributed by atoms with E-state index < -0.39 is 5.97 Å². The second-order valence-electron chi connectivity index (χ2n) is 10.4. The van der Waals surface area contributed by atoms with Crippen molar-refractivity contribution in [3.63, 3.8) is 0 Å². The number of hydrogen-bond acceptors (Lipinski definition) is 6. The fourth-order valence-electron chi connectivity index (χ4n) is 5.58. The van der Waals surface area contributed by atoms with Gasteiger partial charge in [-0.15, -0.1) is 5.69 Å². The van der Waals surface area contributed by atoms with Crippen LogP contribution in [0, 0.1) is 19.7 Å². The Morgan fingerprint density at radius 1 is 1.23 bits per heavy atom. The Morgan fingerprint density at radius 3 is 2.60 bits per heavy atom. The zero-order valence-electron chi connectivity index (χ0n) is 26.8. The molecule has 7 nitrogen and oxygen atoms in total. The molecule has 0 radical (unpaired) electrons. The van der Waals surface area contributed by atoms with Crippen LogP contribution in [-0.4, -0.2) is 42.3 Å². The first-order chi connectivity index (χ1) is 20.3. The van der Waals surface area contributed by atoms with Gasteiger partial charge < -0.3 is 25.3 Å². The van der Waals surface area contributed by atoms with Crippen molar-refractivity contribution in [1.29, 1.82) is 0 Å². The summed E-state index contributed by atoms with van der Waals surface area (Å²) in [7, 11) is 3.29. The second kappa shape index (κ2) is 16.6. The van der Waals surface area contributed by atoms with E-state index >= 15 is 0 Å². The number of allylic oxidation sites excluding steroid dienone is 1. The number of fused-ring (bicyclic) bond motifs is 1. The summed E-state index contributed by atoms with van der Waals surface area (Å²) in [4.78, 5) is 15.8. The Hall–Kier alpha value is -4.78. The van der Waals surface area contributed by atoms with E-state index in [0.717, 1.165) is 72.4 Å². The van der Waals surface area contributed by atoms with Crippen LogP contribution >= 0.6 is 0 Å². The summed E-state index contributed by atoms with van der Waals surface area (Å²) in [6, 6.07) is 7.06. The van der Waals surface area contributed by atoms with Gasteiger partial charge in [0.15, 0.2) is 0 Å². The number of benzene rings is 1. The van der Waals surface area contributed by atoms with Crippen LogP contribution in [0.3, 0.4) is 0 Å². The minimum absolute atomic E-state index is 0. The minimum Gasteiger partial charge on any atom is -0.465 e. The van der Waals surface area contributed by atoms with Crippen molar-refractivity contribution >= 4 is 22.7 Å². The maximum Gasteiger partial charge on any atom is 0.337 e. The van der Waals surface area contributed by atoms with Gasteiger partial charge in [0.2, 0.25) is 0 Å². The molecule has 0 aliphatic carbocycles. The number of esters is 1. The summed E-state index contributed by atoms with van der Waals surface area (Å²) < 4.78 is 20.8. The van der Waals surface area contributed by atoms with Crippen molar-refractivity contribution in [1.82, 2.24) is 20.2 Å². The van der Waals surface area contributed by atoms with Crippen molar-refractivity contribution in [2.24, 2.45) is 7.05 Å². The third-order valence-corrected chi connectivity index (χ3v) is 7.70. The molecule has 5 rings (SSSR count). The molecule has 2 aliphatic rings. The Morgan fingerprint density at radius 2 is 1.95 bits per heavy atom. The molecule has 1 aromatic carbocycles. The molecule has 3 N–H and O–H groups in total. The number of ether oxygens (including phenoxy) is 1. The van der Waals surface area contributed by atoms with Crippen LogP contribution in [0.2, 0.25) is 0 Å². The molecule has 0 spiro atoms. The Balaban J connectivity index is 0.000000283. The van der Waals surface area contributed by atoms with Gasteiger partial charge in [0.05, 0.1) is 12.7 Å². The number of nitrogens with zero attached hydrogens (tertiary/aromatic N) is 2. The van der Waals surface area contributed by atoms with Crippen LogP contribution in [0.1, 0.15) is 86.0 Å². The van der Waals surface area contributed by atoms with Gasteiger partial charge in [-0.25, -0.2) is 21.1 Å². The number of rotatable bonds is 7. The average molecular weight is 844 g/mol. The number of aryl methyl sites for hydroxylation is 2. The molecule has 0 amide bonds. The van der Waals surface area contributed by atoms with E-state index in [2.05, 4.69) is 51.7 Å². The molecular weight excluding hydrogens is 796 g/mol. The fraction of sp³-hybridized carbons (Fsp3) is 0.441. The average Bonchev–Trinajstić information content (AvgIpc) is 3.57. The topological polar surface area (TPSA) is 80.2 Å². The zero-order chi connectivity index (χ0) is 30.6. The van der Waals surface area contributed by atoms with E-state index in [1.165, 1.54) is 37.3 Å². The smallest absolute Gasteiger partial charge is 0.337 e. The van der Waals surface area contributed by atoms with Crippen molar-refractivity contribution < 1.29 is 13.9 Å². The molecule has 0 atom stereocenters. The van der Waals surface area contributed by atoms with Crippen LogP contribution in [0.4, 0.5) is 10.1 Å². The number of halogens is 1. The van der Waals surface area contributed by atoms with Crippen LogP contribution in [0.25, 0.3) is 11.0 Å². The van der Waals surface area contributed by atoms with Crippen molar-refractivity contribution in [2.45, 2.75) is 65.7 Å². The van der Waals surface area contributed by atoms with E-state index in [9.17, 15) is 9.18 Å². The van der Waals surface area contributed by atoms with Crippen molar-refractivity contribution in [3.05, 3.63) is 89.1 Å². The molecule has 3 aromatic rings. The maximum absolute atomic E-state index is 14.2. The van der Waals surface area contributed by atoms with Crippen molar-refractivity contribution in [2.75, 3.05) is 32.1 Å². The van der Waals surface area contributed by atoms with Crippen LogP contribution in [0.5, 0.6) is 0 Å². The molecule has 9 heteroatoms. The quantitative estimate of drug-likeness (QED) is 0.174. The number of nitrogens with one attached hydrogen (secondary N) is 3. The number of methoxy groups -OCH3 is 1. The number of aromatic nitrogens is 2. The molecule has 0 unspecified atom stereocenters. The third kappa shape index (κ3) is 8.38. The van der Waals surface area contributed by atoms with Crippen LogP contribution in [0.15, 0.2) is 54.0 Å². The van der Waals surface area contributed by atoms with E-state index in [4.69, 9.17) is 0 Å². The summed E-state index contributed by atoms with van der Waals surface area (Å²) in [5.74, 6) is -0.533. The van der Waals surface area contributed by atoms with Crippen LogP contribution < -0.4 is 16.0 Å². The number of piperidine rings is 1. The Labute approximate surface area is 250 Å². The molecule has 230 valence electrons. The monoisotopic (exact) mass is 843 g/mol. The molecule has 2 aromatic heterocycles. The molecule has 1 saturated heterocycles. The number of carbonyl (C=O) groups is 1. The second-order valence-corrected chi connectivity index (χ2v) is 10.4. The number of hydrogen-bond donors (Lipinski definition) is 3. The molecule has 43 heavy (non-hydrogen) atoms. The Bertz CT molecular complexity index is 1390. The predicted octanol–water partition coefficient (Wildman–Crippen LogP) is 7.14. The summed E-state index contributed by atoms with van der Waals surface area (Å²) in [5.41, 5.74) is 7.64. The first-order valence-electron chi connectivity index (χ1n) is 15.1. The predicted molar refractivity (Wildman–Crippen MR) is 171 cm³/mol. The number of carbonyl (C=O) groups excluding carboxylic acids is 1. The first kappa shape index (κ1) is 34.4. The first-order valence-corrected chi connectivity index (χ1v) is 15.1. The molecular formula is C34H47FN5O2Rf-. The number of anilines is 1. The van der Waals surface area contributed by atoms with E-state index in [0.29, 0.717) is 0 Å². The largest absolute Gasteiger partial charge is 0.465 e. The minimum atomic E-state index is -0.492. The Kier molecular flexibility index (Phi) is 13.3. The van der Waals surface area contributed by atoms with Gasteiger partial charge in [-0.1, -0.05) is 27.2 Å². The molecule has 1 fully saturated rings. The van der Waals surface area contributed by atoms with Gasteiger partial charge in [0.1, 0.15) is 11.5 Å². The van der Waals surface area contributed by atoms with Gasteiger partial charge in [-0.3, -0.25) is 0 Å². The van der Waals surface area contributed by atoms with Crippen molar-refractivity contribution in [3.8, 4) is 0 Å². The number of pyridine rings is 1. The van der Waals surface area contributed by atoms with Gasteiger partial charge in [-0.05, 0) is 98.0 Å². The van der Waals surface area contributed by atoms with Gasteiger partial charge >= 0.3 is 5.97 Å². The molecule has 4 heterocycles. The van der Waals surface area contributed by atoms with E-state index in [1.807, 2.05) is 50.8 Å². The van der Waals surface area contributed by atoms with E-state index in [1.54, 1.807) is 6.07 Å². The fourth-order valence-corrected chi connectivity index (χ4v) is 5.58. The van der Waals surface area contributed by atoms with Crippen LogP contribution in [-0.2, 0) is 11.8 Å². The standard InChI is InChI=1S/C18H23N4.C14H18FNO2.C2H6.Rf/c1-4-5-14-6-9-19-16(14)7-10-20-17-8-11-21-18-15(17)12-13(2)22(18)3;1-9-7-11(14(17)18-2)8-12(15)13(9)10-3-5-16-6-4-10;1-2;/h7-8,10-12,19H,2,4-6,9H2,1,3H3,(H,20,21);7-8,10,16H,3-6H2,1-2H3;1-2H3;/q-1;;;/b10-7-;;;.